The van der Waals surface area contributed by atoms with E-state index in [9.17, 15) is 15.8 Å². The van der Waals surface area contributed by atoms with Crippen LogP contribution in [-0.4, -0.2) is 197 Å². The second-order valence-electron chi connectivity index (χ2n) is 28.0. The highest BCUT2D eigenvalue weighted by Gasteiger charge is 2.33. The maximum atomic E-state index is 15.5. The van der Waals surface area contributed by atoms with Gasteiger partial charge >= 0.3 is 0 Å². The fraction of sp³-hybridized carbons (Fsp3) is 0.393. The number of nitrogens with zero attached hydrogens (tertiary/aromatic N) is 13. The summed E-state index contributed by atoms with van der Waals surface area (Å²) in [5.41, 5.74) is 9.06. The molecule has 0 amide bonds. The van der Waals surface area contributed by atoms with Crippen LogP contribution in [0.2, 0.25) is 0 Å². The lowest BCUT2D eigenvalue weighted by molar-refractivity contribution is -0.0713. The summed E-state index contributed by atoms with van der Waals surface area (Å²) in [5.74, 6) is 5.51. The van der Waals surface area contributed by atoms with Gasteiger partial charge in [-0.2, -0.15) is 15.8 Å². The molecule has 110 heavy (non-hydrogen) atoms. The van der Waals surface area contributed by atoms with E-state index >= 15 is 4.39 Å². The normalized spacial score (nSPS) is 17.6. The molecule has 7 fully saturated rings. The Hall–Kier alpha value is -11.1. The third-order valence-corrected chi connectivity index (χ3v) is 20.6. The molecule has 25 nitrogen and oxygen atoms in total. The quantitative estimate of drug-likeness (QED) is 0.0639. The van der Waals surface area contributed by atoms with Crippen LogP contribution in [0.4, 0.5) is 50.3 Å². The summed E-state index contributed by atoms with van der Waals surface area (Å²) in [6, 6.07) is 49.0. The van der Waals surface area contributed by atoms with Crippen molar-refractivity contribution in [1.29, 1.82) is 15.8 Å². The largest absolute Gasteiger partial charge is 0.496 e. The lowest BCUT2D eigenvalue weighted by Crippen LogP contribution is -2.51. The van der Waals surface area contributed by atoms with Gasteiger partial charge in [0.25, 0.3) is 0 Å². The number of nitrogens with one attached hydrogen (secondary N) is 3. The van der Waals surface area contributed by atoms with Crippen molar-refractivity contribution in [1.82, 2.24) is 39.7 Å². The van der Waals surface area contributed by atoms with Crippen LogP contribution < -0.4 is 44.7 Å². The molecule has 3 aromatic heterocycles. The maximum absolute atomic E-state index is 15.5. The second kappa shape index (κ2) is 37.3. The molecule has 0 spiro atoms. The molecule has 0 aliphatic carbocycles. The number of nitriles is 3. The van der Waals surface area contributed by atoms with Crippen LogP contribution in [0.15, 0.2) is 152 Å². The smallest absolute Gasteiger partial charge is 0.161 e. The van der Waals surface area contributed by atoms with Crippen LogP contribution in [0, 0.1) is 39.8 Å². The van der Waals surface area contributed by atoms with Crippen molar-refractivity contribution < 1.29 is 47.0 Å². The van der Waals surface area contributed by atoms with Gasteiger partial charge in [0.1, 0.15) is 82.8 Å². The molecule has 0 unspecified atom stereocenters. The Morgan fingerprint density at radius 2 is 0.836 bits per heavy atom. The van der Waals surface area contributed by atoms with Gasteiger partial charge in [-0.15, -0.1) is 0 Å². The summed E-state index contributed by atoms with van der Waals surface area (Å²) >= 11 is 0. The minimum Gasteiger partial charge on any atom is -0.496 e. The standard InChI is InChI=1S/C31H34FN5O4.C27H30N6O2.C26H27N5O3/c1-38-28-16-23(15-26(32)30(28)20-5-10-37(11-6-20)24-18-40-19-24)35-29-4-9-34-31(36-29)21-2-3-27(22(14-21)17-33)41-25-7-12-39-13-8-25;1-32-11-13-33(14-12-32)23-4-2-3-22(18-23)30-26-7-10-29-27(31-26)20-5-6-25(21(17-20)19-28)35-24-8-15-34-16-9-24;27-18-20-16-19(4-5-24(20)34-23-7-12-32-13-8-23)26-28-9-6-25(30-26)29-21-2-1-3-22(17-21)31-10-14-33-15-11-31/h2-4,9,14-16,20,24-25H,5-8,10-13,18-19H2,1H3,(H,34,35,36);2-7,10,17-18,24H,8-9,11-16H2,1H3,(H,29,30,31);1-6,9,16-17,23H,7-8,10-15H2,(H,28,29,30). The van der Waals surface area contributed by atoms with Crippen molar-refractivity contribution >= 4 is 45.9 Å². The molecular weight excluding hydrogens is 1400 g/mol. The van der Waals surface area contributed by atoms with Crippen LogP contribution in [0.25, 0.3) is 34.2 Å². The number of hydrogen-bond donors (Lipinski definition) is 3. The number of piperazine rings is 1. The number of benzene rings is 6. The number of halogens is 1. The molecule has 10 heterocycles. The third kappa shape index (κ3) is 19.8. The Labute approximate surface area is 640 Å². The van der Waals surface area contributed by atoms with E-state index in [4.69, 9.17) is 47.6 Å². The number of piperidine rings is 1. The molecule has 568 valence electrons. The van der Waals surface area contributed by atoms with Gasteiger partial charge in [-0.05, 0) is 154 Å². The zero-order valence-electron chi connectivity index (χ0n) is 62.1. The molecule has 7 saturated heterocycles. The Kier molecular flexibility index (Phi) is 25.7. The molecular formula is C84H91FN16O9. The number of aromatic nitrogens is 6. The molecule has 26 heteroatoms. The fourth-order valence-corrected chi connectivity index (χ4v) is 14.3. The van der Waals surface area contributed by atoms with Gasteiger partial charge in [0.2, 0.25) is 0 Å². The zero-order chi connectivity index (χ0) is 75.4. The van der Waals surface area contributed by atoms with E-state index in [2.05, 4.69) is 116 Å². The summed E-state index contributed by atoms with van der Waals surface area (Å²) in [7, 11) is 3.74. The fourth-order valence-electron chi connectivity index (χ4n) is 14.3. The zero-order valence-corrected chi connectivity index (χ0v) is 62.1. The summed E-state index contributed by atoms with van der Waals surface area (Å²) in [4.78, 5) is 36.8. The van der Waals surface area contributed by atoms with Gasteiger partial charge in [0.15, 0.2) is 17.5 Å². The summed E-state index contributed by atoms with van der Waals surface area (Å²) in [6.07, 6.45) is 11.9. The van der Waals surface area contributed by atoms with Crippen LogP contribution >= 0.6 is 0 Å². The van der Waals surface area contributed by atoms with E-state index in [0.717, 1.165) is 158 Å². The van der Waals surface area contributed by atoms with E-state index in [0.29, 0.717) is 137 Å². The minimum absolute atomic E-state index is 0.0319. The number of anilines is 8. The lowest BCUT2D eigenvalue weighted by atomic mass is 9.87. The van der Waals surface area contributed by atoms with Gasteiger partial charge in [0, 0.05) is 153 Å². The Balaban J connectivity index is 0.000000138. The number of morpholine rings is 1. The number of rotatable bonds is 20. The van der Waals surface area contributed by atoms with Crippen LogP contribution in [0.5, 0.6) is 23.0 Å². The van der Waals surface area contributed by atoms with Crippen molar-refractivity contribution in [2.24, 2.45) is 0 Å². The highest BCUT2D eigenvalue weighted by Crippen LogP contribution is 2.40. The summed E-state index contributed by atoms with van der Waals surface area (Å²) < 4.78 is 66.3. The molecule has 0 atom stereocenters. The lowest BCUT2D eigenvalue weighted by Gasteiger charge is -2.41. The first-order valence-corrected chi connectivity index (χ1v) is 37.9. The number of likely N-dealkylation sites (tertiary alicyclic amines) is 1. The highest BCUT2D eigenvalue weighted by molar-refractivity contribution is 5.70. The van der Waals surface area contributed by atoms with Crippen molar-refractivity contribution in [3.05, 3.63) is 180 Å². The average Bonchev–Trinajstić information content (AvgIpc) is 0.810. The van der Waals surface area contributed by atoms with Crippen molar-refractivity contribution in [2.45, 2.75) is 81.6 Å². The van der Waals surface area contributed by atoms with E-state index < -0.39 is 0 Å². The number of likely N-dealkylation sites (N-methyl/N-ethyl adjacent to an activating group) is 1. The topological polar surface area (TPSA) is 281 Å². The van der Waals surface area contributed by atoms with Gasteiger partial charge in [-0.3, -0.25) is 4.90 Å². The molecule has 16 rings (SSSR count). The molecule has 0 radical (unpaired) electrons. The number of hydrogen-bond acceptors (Lipinski definition) is 25. The predicted octanol–water partition coefficient (Wildman–Crippen LogP) is 13.3. The van der Waals surface area contributed by atoms with Crippen LogP contribution in [-0.2, 0) is 23.7 Å². The molecule has 7 aliphatic heterocycles. The molecule has 9 aromatic rings. The third-order valence-electron chi connectivity index (χ3n) is 20.6. The Morgan fingerprint density at radius 3 is 1.24 bits per heavy atom. The van der Waals surface area contributed by atoms with Crippen LogP contribution in [0.3, 0.4) is 0 Å². The number of methoxy groups -OCH3 is 1. The Morgan fingerprint density at radius 1 is 0.427 bits per heavy atom. The summed E-state index contributed by atoms with van der Waals surface area (Å²) in [5, 5.41) is 39.1. The molecule has 3 N–H and O–H groups in total. The predicted molar refractivity (Wildman–Crippen MR) is 417 cm³/mol. The van der Waals surface area contributed by atoms with E-state index in [1.54, 1.807) is 56.0 Å². The van der Waals surface area contributed by atoms with Crippen LogP contribution in [0.1, 0.15) is 79.5 Å². The minimum atomic E-state index is -0.287. The van der Waals surface area contributed by atoms with E-state index in [-0.39, 0.29) is 30.0 Å². The second-order valence-corrected chi connectivity index (χ2v) is 28.0. The van der Waals surface area contributed by atoms with Crippen molar-refractivity contribution in [3.8, 4) is 75.4 Å². The van der Waals surface area contributed by atoms with Crippen molar-refractivity contribution in [3.63, 3.8) is 0 Å². The van der Waals surface area contributed by atoms with E-state index in [1.807, 2.05) is 66.7 Å². The average molecular weight is 1490 g/mol. The molecule has 0 saturated carbocycles. The van der Waals surface area contributed by atoms with Gasteiger partial charge in [0.05, 0.1) is 95.9 Å². The van der Waals surface area contributed by atoms with Gasteiger partial charge < -0.3 is 73.3 Å². The maximum Gasteiger partial charge on any atom is 0.161 e. The van der Waals surface area contributed by atoms with Crippen molar-refractivity contribution in [2.75, 3.05) is 158 Å². The highest BCUT2D eigenvalue weighted by atomic mass is 19.1. The van der Waals surface area contributed by atoms with E-state index in [1.165, 1.54) is 11.8 Å². The number of ether oxygens (including phenoxy) is 9. The molecule has 7 aliphatic rings. The molecule has 0 bridgehead atoms. The SMILES string of the molecule is CN1CCN(c2cccc(Nc3ccnc(-c4ccc(OC5CCOCC5)c(C#N)c4)n3)c2)CC1.COc1cc(Nc2ccnc(-c3ccc(OC4CCOCC4)c(C#N)c3)n2)cc(F)c1C1CCN(C2COC2)CC1.N#Cc1cc(-c2nccc(Nc3cccc(N4CCOCC4)c3)n2)ccc1OC1CCOCC1. The Bertz CT molecular complexity index is 4710. The first-order valence-electron chi connectivity index (χ1n) is 37.9. The first-order chi connectivity index (χ1) is 54.1. The van der Waals surface area contributed by atoms with Gasteiger partial charge in [-0.25, -0.2) is 34.3 Å². The summed E-state index contributed by atoms with van der Waals surface area (Å²) in [6.45, 7) is 15.0. The van der Waals surface area contributed by atoms with Gasteiger partial charge in [-0.1, -0.05) is 12.1 Å². The monoisotopic (exact) mass is 1490 g/mol. The molecule has 6 aromatic carbocycles. The first kappa shape index (κ1) is 75.7.